The van der Waals surface area contributed by atoms with Gasteiger partial charge in [0, 0.05) is 17.7 Å². The summed E-state index contributed by atoms with van der Waals surface area (Å²) in [6.45, 7) is 0. The van der Waals surface area contributed by atoms with E-state index in [9.17, 15) is 10.2 Å². The maximum Gasteiger partial charge on any atom is 0.146 e. The zero-order chi connectivity index (χ0) is 22.5. The lowest BCUT2D eigenvalue weighted by molar-refractivity contribution is 0.451. The Hall–Kier alpha value is -4.76. The number of phenolic OH excluding ortho intramolecular Hbond substituents is 2. The molecule has 0 fully saturated rings. The highest BCUT2D eigenvalue weighted by Crippen LogP contribution is 2.36. The molecule has 0 saturated carbocycles. The number of benzene rings is 4. The van der Waals surface area contributed by atoms with E-state index >= 15 is 0 Å². The molecule has 6 nitrogen and oxygen atoms in total. The Labute approximate surface area is 185 Å². The Bertz CT molecular complexity index is 1250. The van der Waals surface area contributed by atoms with Gasteiger partial charge in [-0.2, -0.15) is 0 Å². The van der Waals surface area contributed by atoms with Gasteiger partial charge in [0.05, 0.1) is 11.4 Å². The fourth-order valence-electron chi connectivity index (χ4n) is 2.91. The lowest BCUT2D eigenvalue weighted by Gasteiger charge is -2.14. The molecule has 0 aliphatic carbocycles. The Morgan fingerprint density at radius 3 is 1.62 bits per heavy atom. The van der Waals surface area contributed by atoms with Crippen LogP contribution in [0.2, 0.25) is 0 Å². The number of hydrogen-bond donors (Lipinski definition) is 4. The monoisotopic (exact) mass is 424 g/mol. The van der Waals surface area contributed by atoms with E-state index < -0.39 is 0 Å². The van der Waals surface area contributed by atoms with E-state index in [-0.39, 0.29) is 22.9 Å². The number of aromatic hydroxyl groups is 2. The van der Waals surface area contributed by atoms with E-state index in [4.69, 9.17) is 20.9 Å². The highest BCUT2D eigenvalue weighted by Gasteiger charge is 2.13. The number of hydrogen-bond acceptors (Lipinski definition) is 6. The predicted molar refractivity (Wildman–Crippen MR) is 124 cm³/mol. The van der Waals surface area contributed by atoms with Gasteiger partial charge in [-0.25, -0.2) is 0 Å². The molecule has 0 radical (unpaired) electrons. The molecular weight excluding hydrogens is 404 g/mol. The zero-order valence-corrected chi connectivity index (χ0v) is 16.9. The van der Waals surface area contributed by atoms with Crippen LogP contribution in [0.15, 0.2) is 84.9 Å². The molecule has 0 spiro atoms. The van der Waals surface area contributed by atoms with Crippen LogP contribution in [0, 0.1) is 11.8 Å². The summed E-state index contributed by atoms with van der Waals surface area (Å²) in [7, 11) is 0. The van der Waals surface area contributed by atoms with E-state index in [0.29, 0.717) is 28.6 Å². The SMILES string of the molecule is Nc1cc(Oc2cccc(Oc3ccc(O)c(N)c3)c2C#Cc2ccccc2)ccc1O. The van der Waals surface area contributed by atoms with Crippen molar-refractivity contribution in [3.8, 4) is 46.3 Å². The molecular formula is C26H20N2O4. The van der Waals surface area contributed by atoms with Crippen molar-refractivity contribution in [3.63, 3.8) is 0 Å². The molecule has 0 aliphatic rings. The van der Waals surface area contributed by atoms with E-state index in [0.717, 1.165) is 5.56 Å². The van der Waals surface area contributed by atoms with Crippen LogP contribution in [0.5, 0.6) is 34.5 Å². The number of nitrogens with two attached hydrogens (primary N) is 2. The van der Waals surface area contributed by atoms with Crippen molar-refractivity contribution < 1.29 is 19.7 Å². The lowest BCUT2D eigenvalue weighted by Crippen LogP contribution is -1.95. The van der Waals surface area contributed by atoms with Crippen LogP contribution in [0.1, 0.15) is 11.1 Å². The maximum atomic E-state index is 9.67. The van der Waals surface area contributed by atoms with Gasteiger partial charge in [-0.3, -0.25) is 0 Å². The summed E-state index contributed by atoms with van der Waals surface area (Å²) >= 11 is 0. The van der Waals surface area contributed by atoms with Crippen LogP contribution < -0.4 is 20.9 Å². The molecule has 0 bridgehead atoms. The summed E-state index contributed by atoms with van der Waals surface area (Å²) < 4.78 is 12.0. The first-order chi connectivity index (χ1) is 15.5. The molecule has 0 aromatic heterocycles. The minimum Gasteiger partial charge on any atom is -0.506 e. The minimum absolute atomic E-state index is 0.0246. The third-order valence-corrected chi connectivity index (χ3v) is 4.55. The van der Waals surface area contributed by atoms with Crippen LogP contribution >= 0.6 is 0 Å². The van der Waals surface area contributed by atoms with E-state index in [1.165, 1.54) is 24.3 Å². The molecule has 0 aliphatic heterocycles. The zero-order valence-electron chi connectivity index (χ0n) is 16.9. The minimum atomic E-state index is -0.0246. The van der Waals surface area contributed by atoms with Crippen molar-refractivity contribution in [2.75, 3.05) is 11.5 Å². The quantitative estimate of drug-likeness (QED) is 0.202. The van der Waals surface area contributed by atoms with Crippen LogP contribution in [-0.4, -0.2) is 10.2 Å². The molecule has 4 aromatic carbocycles. The number of nitrogen functional groups attached to an aromatic ring is 2. The molecule has 4 aromatic rings. The molecule has 0 amide bonds. The predicted octanol–water partition coefficient (Wildman–Crippen LogP) is 5.25. The second-order valence-electron chi connectivity index (χ2n) is 6.89. The molecule has 4 rings (SSSR count). The van der Waals surface area contributed by atoms with Crippen LogP contribution in [-0.2, 0) is 0 Å². The Kier molecular flexibility index (Phi) is 5.73. The normalized spacial score (nSPS) is 10.1. The van der Waals surface area contributed by atoms with Crippen LogP contribution in [0.4, 0.5) is 11.4 Å². The first kappa shape index (κ1) is 20.5. The third kappa shape index (κ3) is 4.69. The molecule has 0 heterocycles. The van der Waals surface area contributed by atoms with Gasteiger partial charge in [-0.05, 0) is 48.5 Å². The van der Waals surface area contributed by atoms with Gasteiger partial charge in [0.15, 0.2) is 0 Å². The second-order valence-corrected chi connectivity index (χ2v) is 6.89. The summed E-state index contributed by atoms with van der Waals surface area (Å²) in [6, 6.07) is 24.0. The van der Waals surface area contributed by atoms with Crippen molar-refractivity contribution in [2.24, 2.45) is 0 Å². The molecule has 6 heteroatoms. The smallest absolute Gasteiger partial charge is 0.146 e. The van der Waals surface area contributed by atoms with Gasteiger partial charge >= 0.3 is 0 Å². The molecule has 0 unspecified atom stereocenters. The van der Waals surface area contributed by atoms with Crippen LogP contribution in [0.25, 0.3) is 0 Å². The Balaban J connectivity index is 1.76. The largest absolute Gasteiger partial charge is 0.506 e. The molecule has 0 saturated heterocycles. The Morgan fingerprint density at radius 1 is 0.594 bits per heavy atom. The summed E-state index contributed by atoms with van der Waals surface area (Å²) in [4.78, 5) is 0. The van der Waals surface area contributed by atoms with Crippen LogP contribution in [0.3, 0.4) is 0 Å². The summed E-state index contributed by atoms with van der Waals surface area (Å²) in [5.41, 5.74) is 13.3. The highest BCUT2D eigenvalue weighted by molar-refractivity contribution is 5.62. The van der Waals surface area contributed by atoms with Crippen molar-refractivity contribution in [2.45, 2.75) is 0 Å². The average Bonchev–Trinajstić information content (AvgIpc) is 2.79. The van der Waals surface area contributed by atoms with Crippen molar-refractivity contribution in [1.82, 2.24) is 0 Å². The molecule has 32 heavy (non-hydrogen) atoms. The standard InChI is InChI=1S/C26H20N2O4/c27-21-15-18(10-13-23(21)29)31-25-7-4-8-26(32-19-11-14-24(30)22(28)16-19)20(25)12-9-17-5-2-1-3-6-17/h1-8,10-11,13-16,29-30H,27-28H2. The van der Waals surface area contributed by atoms with Gasteiger partial charge in [0.1, 0.15) is 40.1 Å². The summed E-state index contributed by atoms with van der Waals surface area (Å²) in [5, 5.41) is 19.3. The molecule has 6 N–H and O–H groups in total. The van der Waals surface area contributed by atoms with E-state index in [1.54, 1.807) is 30.3 Å². The highest BCUT2D eigenvalue weighted by atomic mass is 16.5. The first-order valence-electron chi connectivity index (χ1n) is 9.72. The van der Waals surface area contributed by atoms with E-state index in [1.807, 2.05) is 30.3 Å². The first-order valence-corrected chi connectivity index (χ1v) is 9.72. The number of ether oxygens (including phenoxy) is 2. The van der Waals surface area contributed by atoms with Crippen molar-refractivity contribution in [1.29, 1.82) is 0 Å². The third-order valence-electron chi connectivity index (χ3n) is 4.55. The lowest BCUT2D eigenvalue weighted by atomic mass is 10.1. The van der Waals surface area contributed by atoms with Gasteiger partial charge in [0.2, 0.25) is 0 Å². The fourth-order valence-corrected chi connectivity index (χ4v) is 2.91. The fraction of sp³-hybridized carbons (Fsp3) is 0. The maximum absolute atomic E-state index is 9.67. The van der Waals surface area contributed by atoms with Crippen molar-refractivity contribution >= 4 is 11.4 Å². The molecule has 0 atom stereocenters. The summed E-state index contributed by atoms with van der Waals surface area (Å²) in [5.74, 6) is 7.97. The number of anilines is 2. The van der Waals surface area contributed by atoms with Gasteiger partial charge in [0.25, 0.3) is 0 Å². The second kappa shape index (κ2) is 8.94. The average molecular weight is 424 g/mol. The topological polar surface area (TPSA) is 111 Å². The van der Waals surface area contributed by atoms with Gasteiger partial charge in [-0.15, -0.1) is 0 Å². The van der Waals surface area contributed by atoms with E-state index in [2.05, 4.69) is 11.8 Å². The molecule has 158 valence electrons. The summed E-state index contributed by atoms with van der Waals surface area (Å²) in [6.07, 6.45) is 0. The Morgan fingerprint density at radius 2 is 1.12 bits per heavy atom. The van der Waals surface area contributed by atoms with Gasteiger partial charge < -0.3 is 31.2 Å². The van der Waals surface area contributed by atoms with Crippen molar-refractivity contribution in [3.05, 3.63) is 96.1 Å². The number of phenols is 2. The number of rotatable bonds is 4. The van der Waals surface area contributed by atoms with Gasteiger partial charge in [-0.1, -0.05) is 36.1 Å².